The summed E-state index contributed by atoms with van der Waals surface area (Å²) in [6.45, 7) is 1.95. The molecule has 0 radical (unpaired) electrons. The number of rotatable bonds is 4. The molecule has 2 heterocycles. The minimum absolute atomic E-state index is 0.0630. The van der Waals surface area contributed by atoms with Crippen LogP contribution in [0.5, 0.6) is 0 Å². The Morgan fingerprint density at radius 2 is 2.24 bits per heavy atom. The Labute approximate surface area is 100 Å². The number of carboxylic acids is 1. The second-order valence-corrected chi connectivity index (χ2v) is 4.31. The van der Waals surface area contributed by atoms with Gasteiger partial charge in [-0.15, -0.1) is 0 Å². The monoisotopic (exact) mass is 235 g/mol. The van der Waals surface area contributed by atoms with Gasteiger partial charge >= 0.3 is 5.97 Å². The summed E-state index contributed by atoms with van der Waals surface area (Å²) in [6.07, 6.45) is 3.98. The lowest BCUT2D eigenvalue weighted by Gasteiger charge is -2.22. The van der Waals surface area contributed by atoms with Crippen LogP contribution in [0.4, 0.5) is 5.82 Å². The van der Waals surface area contributed by atoms with E-state index in [1.807, 2.05) is 6.07 Å². The number of aliphatic carboxylic acids is 1. The van der Waals surface area contributed by atoms with Crippen molar-refractivity contribution in [1.82, 2.24) is 4.98 Å². The molecule has 1 saturated heterocycles. The maximum Gasteiger partial charge on any atom is 0.305 e. The van der Waals surface area contributed by atoms with Crippen LogP contribution in [-0.2, 0) is 4.79 Å². The number of carbonyl (C=O) groups is 1. The molecule has 0 spiro atoms. The van der Waals surface area contributed by atoms with Crippen LogP contribution in [0.25, 0.3) is 0 Å². The molecule has 1 aliphatic heterocycles. The molecule has 5 heteroatoms. The molecule has 17 heavy (non-hydrogen) atoms. The van der Waals surface area contributed by atoms with Crippen LogP contribution in [0.2, 0.25) is 0 Å². The van der Waals surface area contributed by atoms with E-state index >= 15 is 0 Å². The molecule has 1 fully saturated rings. The van der Waals surface area contributed by atoms with Crippen molar-refractivity contribution in [2.24, 2.45) is 5.73 Å². The van der Waals surface area contributed by atoms with Gasteiger partial charge < -0.3 is 15.7 Å². The molecule has 0 aromatic carbocycles. The van der Waals surface area contributed by atoms with E-state index in [2.05, 4.69) is 9.88 Å². The maximum atomic E-state index is 10.7. The van der Waals surface area contributed by atoms with E-state index in [-0.39, 0.29) is 6.42 Å². The summed E-state index contributed by atoms with van der Waals surface area (Å²) in [7, 11) is 0. The molecule has 1 atom stereocenters. The third kappa shape index (κ3) is 2.74. The van der Waals surface area contributed by atoms with E-state index in [0.717, 1.165) is 37.3 Å². The Balaban J connectivity index is 2.23. The first-order valence-corrected chi connectivity index (χ1v) is 5.85. The summed E-state index contributed by atoms with van der Waals surface area (Å²) < 4.78 is 0. The second-order valence-electron chi connectivity index (χ2n) is 4.31. The van der Waals surface area contributed by atoms with Crippen molar-refractivity contribution in [3.63, 3.8) is 0 Å². The van der Waals surface area contributed by atoms with Gasteiger partial charge in [-0.25, -0.2) is 4.98 Å². The summed E-state index contributed by atoms with van der Waals surface area (Å²) >= 11 is 0. The molecule has 1 aromatic rings. The molecule has 5 nitrogen and oxygen atoms in total. The molecule has 0 amide bonds. The summed E-state index contributed by atoms with van der Waals surface area (Å²) in [5, 5.41) is 8.79. The first-order chi connectivity index (χ1) is 8.18. The molecule has 1 aromatic heterocycles. The largest absolute Gasteiger partial charge is 0.481 e. The van der Waals surface area contributed by atoms with Crippen molar-refractivity contribution in [1.29, 1.82) is 0 Å². The third-order valence-corrected chi connectivity index (χ3v) is 3.02. The second kappa shape index (κ2) is 5.14. The smallest absolute Gasteiger partial charge is 0.305 e. The Morgan fingerprint density at radius 3 is 2.88 bits per heavy atom. The van der Waals surface area contributed by atoms with Crippen LogP contribution in [0.15, 0.2) is 18.3 Å². The van der Waals surface area contributed by atoms with E-state index in [1.54, 1.807) is 12.3 Å². The van der Waals surface area contributed by atoms with Crippen molar-refractivity contribution in [3.8, 4) is 0 Å². The van der Waals surface area contributed by atoms with Crippen LogP contribution in [0.1, 0.15) is 30.9 Å². The van der Waals surface area contributed by atoms with Gasteiger partial charge in [-0.2, -0.15) is 0 Å². The minimum atomic E-state index is -0.881. The molecule has 1 unspecified atom stereocenters. The topological polar surface area (TPSA) is 79.5 Å². The molecule has 1 aliphatic rings. The summed E-state index contributed by atoms with van der Waals surface area (Å²) in [6, 6.07) is 3.18. The minimum Gasteiger partial charge on any atom is -0.481 e. The molecule has 2 rings (SSSR count). The third-order valence-electron chi connectivity index (χ3n) is 3.02. The summed E-state index contributed by atoms with van der Waals surface area (Å²) in [5.41, 5.74) is 6.75. The van der Waals surface area contributed by atoms with Gasteiger partial charge in [-0.1, -0.05) is 6.07 Å². The fourth-order valence-electron chi connectivity index (χ4n) is 2.19. The number of hydrogen-bond donors (Lipinski definition) is 2. The van der Waals surface area contributed by atoms with Gasteiger partial charge in [0.2, 0.25) is 0 Å². The molecule has 0 bridgehead atoms. The number of nitrogens with zero attached hydrogens (tertiary/aromatic N) is 2. The van der Waals surface area contributed by atoms with E-state index < -0.39 is 12.0 Å². The van der Waals surface area contributed by atoms with E-state index in [9.17, 15) is 4.79 Å². The average Bonchev–Trinajstić information content (AvgIpc) is 2.81. The first kappa shape index (κ1) is 11.9. The molecule has 0 saturated carbocycles. The zero-order valence-electron chi connectivity index (χ0n) is 9.67. The Bertz CT molecular complexity index is 402. The normalized spacial score (nSPS) is 17.1. The lowest BCUT2D eigenvalue weighted by atomic mass is 10.1. The number of anilines is 1. The Kier molecular flexibility index (Phi) is 3.58. The van der Waals surface area contributed by atoms with Crippen LogP contribution < -0.4 is 10.6 Å². The van der Waals surface area contributed by atoms with Crippen LogP contribution >= 0.6 is 0 Å². The maximum absolute atomic E-state index is 10.7. The van der Waals surface area contributed by atoms with Gasteiger partial charge in [0.1, 0.15) is 5.82 Å². The summed E-state index contributed by atoms with van der Waals surface area (Å²) in [5.74, 6) is -0.0347. The fraction of sp³-hybridized carbons (Fsp3) is 0.500. The van der Waals surface area contributed by atoms with Crippen LogP contribution in [0.3, 0.4) is 0 Å². The van der Waals surface area contributed by atoms with E-state index in [4.69, 9.17) is 10.8 Å². The van der Waals surface area contributed by atoms with Gasteiger partial charge in [0, 0.05) is 30.9 Å². The van der Waals surface area contributed by atoms with E-state index in [1.165, 1.54) is 0 Å². The van der Waals surface area contributed by atoms with Crippen LogP contribution in [-0.4, -0.2) is 29.1 Å². The van der Waals surface area contributed by atoms with Gasteiger partial charge in [-0.3, -0.25) is 4.79 Å². The summed E-state index contributed by atoms with van der Waals surface area (Å²) in [4.78, 5) is 17.2. The lowest BCUT2D eigenvalue weighted by Crippen LogP contribution is -2.24. The number of nitrogens with two attached hydrogens (primary N) is 1. The standard InChI is InChI=1S/C12H17N3O2/c13-10(8-11(16)17)9-4-3-5-14-12(9)15-6-1-2-7-15/h3-5,10H,1-2,6-8,13H2,(H,16,17). The van der Waals surface area contributed by atoms with Crippen molar-refractivity contribution >= 4 is 11.8 Å². The van der Waals surface area contributed by atoms with Crippen molar-refractivity contribution in [3.05, 3.63) is 23.9 Å². The molecular formula is C12H17N3O2. The number of hydrogen-bond acceptors (Lipinski definition) is 4. The van der Waals surface area contributed by atoms with Gasteiger partial charge in [0.25, 0.3) is 0 Å². The number of aromatic nitrogens is 1. The number of pyridine rings is 1. The van der Waals surface area contributed by atoms with Gasteiger partial charge in [-0.05, 0) is 18.9 Å². The SMILES string of the molecule is NC(CC(=O)O)c1cccnc1N1CCCC1. The average molecular weight is 235 g/mol. The van der Waals surface area contributed by atoms with Crippen molar-refractivity contribution < 1.29 is 9.90 Å². The van der Waals surface area contributed by atoms with Crippen molar-refractivity contribution in [2.45, 2.75) is 25.3 Å². The highest BCUT2D eigenvalue weighted by Crippen LogP contribution is 2.27. The lowest BCUT2D eigenvalue weighted by molar-refractivity contribution is -0.137. The zero-order valence-corrected chi connectivity index (χ0v) is 9.67. The fourth-order valence-corrected chi connectivity index (χ4v) is 2.19. The van der Waals surface area contributed by atoms with Gasteiger partial charge in [0.15, 0.2) is 0 Å². The zero-order chi connectivity index (χ0) is 12.3. The first-order valence-electron chi connectivity index (χ1n) is 5.85. The molecule has 92 valence electrons. The highest BCUT2D eigenvalue weighted by atomic mass is 16.4. The Morgan fingerprint density at radius 1 is 1.53 bits per heavy atom. The Hall–Kier alpha value is -1.62. The van der Waals surface area contributed by atoms with Crippen LogP contribution in [0, 0.1) is 0 Å². The molecular weight excluding hydrogens is 218 g/mol. The van der Waals surface area contributed by atoms with Gasteiger partial charge in [0.05, 0.1) is 6.42 Å². The highest BCUT2D eigenvalue weighted by Gasteiger charge is 2.21. The van der Waals surface area contributed by atoms with Crippen molar-refractivity contribution in [2.75, 3.05) is 18.0 Å². The van der Waals surface area contributed by atoms with E-state index in [0.29, 0.717) is 0 Å². The quantitative estimate of drug-likeness (QED) is 0.818. The predicted octanol–water partition coefficient (Wildman–Crippen LogP) is 1.16. The number of carboxylic acid groups (broad SMARTS) is 1. The molecule has 0 aliphatic carbocycles. The molecule has 3 N–H and O–H groups in total. The predicted molar refractivity (Wildman–Crippen MR) is 64.9 cm³/mol. The highest BCUT2D eigenvalue weighted by molar-refractivity contribution is 5.68.